The number of nitrogens with one attached hydrogen (secondary N) is 1. The van der Waals surface area contributed by atoms with Crippen molar-refractivity contribution in [1.82, 2.24) is 5.32 Å². The highest BCUT2D eigenvalue weighted by Crippen LogP contribution is 2.43. The minimum Gasteiger partial charge on any atom is -0.388 e. The van der Waals surface area contributed by atoms with Gasteiger partial charge in [0.2, 0.25) is 0 Å². The Morgan fingerprint density at radius 3 is 2.43 bits per heavy atom. The lowest BCUT2D eigenvalue weighted by Crippen LogP contribution is -2.27. The molecule has 21 heavy (non-hydrogen) atoms. The zero-order valence-corrected chi connectivity index (χ0v) is 12.8. The van der Waals surface area contributed by atoms with E-state index in [0.29, 0.717) is 0 Å². The zero-order valence-electron chi connectivity index (χ0n) is 12.1. The molecule has 3 rings (SSSR count). The van der Waals surface area contributed by atoms with E-state index >= 15 is 0 Å². The average Bonchev–Trinajstić information content (AvgIpc) is 2.75. The van der Waals surface area contributed by atoms with Crippen molar-refractivity contribution in [1.29, 1.82) is 0 Å². The first kappa shape index (κ1) is 14.6. The Kier molecular flexibility index (Phi) is 4.29. The van der Waals surface area contributed by atoms with Crippen LogP contribution in [0.1, 0.15) is 35.8 Å². The number of hydrogen-bond acceptors (Lipinski definition) is 2. The van der Waals surface area contributed by atoms with Crippen LogP contribution in [0.5, 0.6) is 0 Å². The lowest BCUT2D eigenvalue weighted by molar-refractivity contribution is 0.114. The summed E-state index contributed by atoms with van der Waals surface area (Å²) in [5, 5.41) is 14.7. The molecule has 2 nitrogen and oxygen atoms in total. The third-order valence-corrected chi connectivity index (χ3v) is 4.62. The topological polar surface area (TPSA) is 32.3 Å². The van der Waals surface area contributed by atoms with Crippen LogP contribution in [0, 0.1) is 5.92 Å². The second-order valence-electron chi connectivity index (χ2n) is 5.74. The summed E-state index contributed by atoms with van der Waals surface area (Å²) in [6, 6.07) is 16.4. The molecule has 0 fully saturated rings. The normalized spacial score (nSPS) is 24.0. The predicted molar refractivity (Wildman–Crippen MR) is 86.5 cm³/mol. The van der Waals surface area contributed by atoms with Crippen molar-refractivity contribution in [3.8, 4) is 0 Å². The van der Waals surface area contributed by atoms with E-state index < -0.39 is 0 Å². The molecule has 0 saturated heterocycles. The molecule has 0 saturated carbocycles. The molecule has 0 amide bonds. The molecule has 3 heteroatoms. The van der Waals surface area contributed by atoms with Gasteiger partial charge in [-0.15, -0.1) is 0 Å². The summed E-state index contributed by atoms with van der Waals surface area (Å²) < 4.78 is 0. The van der Waals surface area contributed by atoms with Gasteiger partial charge in [-0.05, 0) is 41.8 Å². The Morgan fingerprint density at radius 2 is 1.71 bits per heavy atom. The van der Waals surface area contributed by atoms with Crippen LogP contribution in [0.4, 0.5) is 0 Å². The molecule has 0 radical (unpaired) electrons. The zero-order chi connectivity index (χ0) is 14.8. The van der Waals surface area contributed by atoms with Crippen molar-refractivity contribution in [3.63, 3.8) is 0 Å². The van der Waals surface area contributed by atoms with Gasteiger partial charge in [-0.2, -0.15) is 0 Å². The summed E-state index contributed by atoms with van der Waals surface area (Å²) in [6.07, 6.45) is 0.591. The summed E-state index contributed by atoms with van der Waals surface area (Å²) in [4.78, 5) is 0. The van der Waals surface area contributed by atoms with E-state index in [1.54, 1.807) is 0 Å². The molecule has 0 spiro atoms. The standard InChI is InChI=1S/C18H20ClNO/c1-12-17(15-4-2-3-5-16(15)18(12)21)20-11-10-13-6-8-14(19)9-7-13/h2-9,12,17-18,20-21H,10-11H2,1H3. The summed E-state index contributed by atoms with van der Waals surface area (Å²) in [5.41, 5.74) is 3.56. The fourth-order valence-corrected chi connectivity index (χ4v) is 3.26. The van der Waals surface area contributed by atoms with Gasteiger partial charge >= 0.3 is 0 Å². The summed E-state index contributed by atoms with van der Waals surface area (Å²) in [6.45, 7) is 2.99. The molecule has 2 N–H and O–H groups in total. The second kappa shape index (κ2) is 6.18. The van der Waals surface area contributed by atoms with Gasteiger partial charge < -0.3 is 10.4 Å². The minimum absolute atomic E-state index is 0.201. The number of fused-ring (bicyclic) bond motifs is 1. The lowest BCUT2D eigenvalue weighted by atomic mass is 10.0. The Bertz CT molecular complexity index is 611. The highest BCUT2D eigenvalue weighted by atomic mass is 35.5. The fraction of sp³-hybridized carbons (Fsp3) is 0.333. The molecule has 0 heterocycles. The van der Waals surface area contributed by atoms with Gasteiger partial charge in [0.1, 0.15) is 0 Å². The molecular formula is C18H20ClNO. The van der Waals surface area contributed by atoms with E-state index in [4.69, 9.17) is 11.6 Å². The molecule has 2 aromatic rings. The second-order valence-corrected chi connectivity index (χ2v) is 6.18. The molecule has 0 bridgehead atoms. The Morgan fingerprint density at radius 1 is 1.05 bits per heavy atom. The van der Waals surface area contributed by atoms with E-state index in [1.807, 2.05) is 30.3 Å². The van der Waals surface area contributed by atoms with E-state index in [1.165, 1.54) is 11.1 Å². The Labute approximate surface area is 130 Å². The average molecular weight is 302 g/mol. The summed E-state index contributed by atoms with van der Waals surface area (Å²) in [5.74, 6) is 0.201. The summed E-state index contributed by atoms with van der Waals surface area (Å²) in [7, 11) is 0. The van der Waals surface area contributed by atoms with Crippen LogP contribution in [0.15, 0.2) is 48.5 Å². The van der Waals surface area contributed by atoms with E-state index in [9.17, 15) is 5.11 Å². The number of aliphatic hydroxyl groups is 1. The number of benzene rings is 2. The molecule has 110 valence electrons. The summed E-state index contributed by atoms with van der Waals surface area (Å²) >= 11 is 5.90. The SMILES string of the molecule is CC1C(O)c2ccccc2C1NCCc1ccc(Cl)cc1. The van der Waals surface area contributed by atoms with Gasteiger partial charge in [0.15, 0.2) is 0 Å². The Balaban J connectivity index is 1.64. The van der Waals surface area contributed by atoms with Crippen LogP contribution in [0.25, 0.3) is 0 Å². The molecule has 1 aliphatic rings. The van der Waals surface area contributed by atoms with Crippen molar-refractivity contribution in [3.05, 3.63) is 70.2 Å². The molecule has 0 aliphatic heterocycles. The highest BCUT2D eigenvalue weighted by Gasteiger charge is 2.35. The molecule has 3 unspecified atom stereocenters. The van der Waals surface area contributed by atoms with Crippen molar-refractivity contribution in [2.75, 3.05) is 6.54 Å². The predicted octanol–water partition coefficient (Wildman–Crippen LogP) is 3.90. The monoisotopic (exact) mass is 301 g/mol. The molecular weight excluding hydrogens is 282 g/mol. The number of hydrogen-bond donors (Lipinski definition) is 2. The molecule has 3 atom stereocenters. The van der Waals surface area contributed by atoms with Crippen molar-refractivity contribution in [2.45, 2.75) is 25.5 Å². The maximum Gasteiger partial charge on any atom is 0.0836 e. The van der Waals surface area contributed by atoms with E-state index in [2.05, 4.69) is 30.4 Å². The molecule has 2 aromatic carbocycles. The van der Waals surface area contributed by atoms with Gasteiger partial charge in [-0.25, -0.2) is 0 Å². The Hall–Kier alpha value is -1.35. The van der Waals surface area contributed by atoms with Crippen LogP contribution in [0.2, 0.25) is 5.02 Å². The lowest BCUT2D eigenvalue weighted by Gasteiger charge is -2.20. The highest BCUT2D eigenvalue weighted by molar-refractivity contribution is 6.30. The minimum atomic E-state index is -0.366. The van der Waals surface area contributed by atoms with Crippen LogP contribution in [0.3, 0.4) is 0 Å². The first-order valence-corrected chi connectivity index (χ1v) is 7.79. The van der Waals surface area contributed by atoms with Gasteiger partial charge in [0.25, 0.3) is 0 Å². The van der Waals surface area contributed by atoms with Gasteiger partial charge in [0, 0.05) is 17.0 Å². The molecule has 0 aromatic heterocycles. The largest absolute Gasteiger partial charge is 0.388 e. The number of rotatable bonds is 4. The van der Waals surface area contributed by atoms with Crippen molar-refractivity contribution >= 4 is 11.6 Å². The first-order chi connectivity index (χ1) is 10.2. The fourth-order valence-electron chi connectivity index (χ4n) is 3.13. The van der Waals surface area contributed by atoms with Crippen LogP contribution in [-0.2, 0) is 6.42 Å². The van der Waals surface area contributed by atoms with Gasteiger partial charge in [0.05, 0.1) is 6.10 Å². The maximum absolute atomic E-state index is 10.3. The van der Waals surface area contributed by atoms with E-state index in [-0.39, 0.29) is 18.1 Å². The van der Waals surface area contributed by atoms with Crippen molar-refractivity contribution < 1.29 is 5.11 Å². The maximum atomic E-state index is 10.3. The van der Waals surface area contributed by atoms with Crippen LogP contribution < -0.4 is 5.32 Å². The smallest absolute Gasteiger partial charge is 0.0836 e. The van der Waals surface area contributed by atoms with Gasteiger partial charge in [-0.3, -0.25) is 0 Å². The third kappa shape index (κ3) is 2.98. The van der Waals surface area contributed by atoms with Crippen molar-refractivity contribution in [2.24, 2.45) is 5.92 Å². The van der Waals surface area contributed by atoms with Crippen LogP contribution in [-0.4, -0.2) is 11.7 Å². The first-order valence-electron chi connectivity index (χ1n) is 7.41. The van der Waals surface area contributed by atoms with Crippen LogP contribution >= 0.6 is 11.6 Å². The third-order valence-electron chi connectivity index (χ3n) is 4.36. The quantitative estimate of drug-likeness (QED) is 0.898. The number of halogens is 1. The van der Waals surface area contributed by atoms with E-state index in [0.717, 1.165) is 23.6 Å². The number of aliphatic hydroxyl groups excluding tert-OH is 1. The van der Waals surface area contributed by atoms with Gasteiger partial charge in [-0.1, -0.05) is 54.9 Å². The molecule has 1 aliphatic carbocycles.